The van der Waals surface area contributed by atoms with Crippen LogP contribution in [-0.2, 0) is 0 Å². The Balaban J connectivity index is 1.57. The first kappa shape index (κ1) is 18.7. The molecule has 1 aliphatic carbocycles. The van der Waals surface area contributed by atoms with Gasteiger partial charge in [0.25, 0.3) is 0 Å². The molecule has 1 N–H and O–H groups in total. The summed E-state index contributed by atoms with van der Waals surface area (Å²) in [5.41, 5.74) is 5.39. The fourth-order valence-corrected chi connectivity index (χ4v) is 4.96. The van der Waals surface area contributed by atoms with Gasteiger partial charge in [-0.15, -0.1) is 0 Å². The summed E-state index contributed by atoms with van der Waals surface area (Å²) in [5.74, 6) is 1.04. The average Bonchev–Trinajstić information content (AvgIpc) is 3.14. The number of anilines is 1. The summed E-state index contributed by atoms with van der Waals surface area (Å²) < 4.78 is 0. The molecule has 4 rings (SSSR count). The molecular weight excluding hydrogens is 332 g/mol. The van der Waals surface area contributed by atoms with Crippen LogP contribution in [0.4, 0.5) is 5.82 Å². The lowest BCUT2D eigenvalue weighted by atomic mass is 9.93. The van der Waals surface area contributed by atoms with Crippen LogP contribution in [0.2, 0.25) is 0 Å². The van der Waals surface area contributed by atoms with Crippen LogP contribution < -0.4 is 5.32 Å². The third-order valence-electron chi connectivity index (χ3n) is 7.02. The van der Waals surface area contributed by atoms with Gasteiger partial charge in [-0.1, -0.05) is 25.0 Å². The molecular formula is C23H34N4. The van der Waals surface area contributed by atoms with E-state index in [2.05, 4.69) is 61.1 Å². The zero-order valence-electron chi connectivity index (χ0n) is 17.4. The maximum absolute atomic E-state index is 5.01. The Morgan fingerprint density at radius 1 is 1.00 bits per heavy atom. The number of hydrogen-bond donors (Lipinski definition) is 1. The Morgan fingerprint density at radius 3 is 2.41 bits per heavy atom. The van der Waals surface area contributed by atoms with Crippen molar-refractivity contribution in [2.75, 3.05) is 45.1 Å². The maximum Gasteiger partial charge on any atom is 0.126 e. The standard InChI is InChI=1S/C23H34N4/c1-17-7-8-20-18(2)15-21(25-22(20)19(17)3)24-16-23(9-5-6-10-23)27-13-11-26(4)12-14-27/h7-8,15H,5-6,9-14,16H2,1-4H3,(H,24,25). The molecule has 0 unspecified atom stereocenters. The smallest absolute Gasteiger partial charge is 0.126 e. The normalized spacial score (nSPS) is 21.0. The molecule has 4 heteroatoms. The second kappa shape index (κ2) is 7.40. The summed E-state index contributed by atoms with van der Waals surface area (Å²) in [4.78, 5) is 10.2. The van der Waals surface area contributed by atoms with Crippen LogP contribution in [0.25, 0.3) is 10.9 Å². The highest BCUT2D eigenvalue weighted by Crippen LogP contribution is 2.36. The van der Waals surface area contributed by atoms with Crippen LogP contribution >= 0.6 is 0 Å². The lowest BCUT2D eigenvalue weighted by Crippen LogP contribution is -2.58. The Hall–Kier alpha value is -1.65. The molecule has 0 amide bonds. The van der Waals surface area contributed by atoms with Crippen LogP contribution in [0.5, 0.6) is 0 Å². The van der Waals surface area contributed by atoms with Crippen molar-refractivity contribution in [1.29, 1.82) is 0 Å². The van der Waals surface area contributed by atoms with Gasteiger partial charge >= 0.3 is 0 Å². The van der Waals surface area contributed by atoms with Gasteiger partial charge in [-0.05, 0) is 63.4 Å². The van der Waals surface area contributed by atoms with E-state index in [-0.39, 0.29) is 0 Å². The first-order chi connectivity index (χ1) is 13.0. The van der Waals surface area contributed by atoms with Gasteiger partial charge < -0.3 is 10.2 Å². The maximum atomic E-state index is 5.01. The molecule has 1 saturated heterocycles. The molecule has 1 saturated carbocycles. The highest BCUT2D eigenvalue weighted by Gasteiger charge is 2.40. The summed E-state index contributed by atoms with van der Waals surface area (Å²) in [6.45, 7) is 12.3. The van der Waals surface area contributed by atoms with Gasteiger partial charge in [0, 0.05) is 43.6 Å². The Kier molecular flexibility index (Phi) is 5.13. The highest BCUT2D eigenvalue weighted by atomic mass is 15.3. The topological polar surface area (TPSA) is 31.4 Å². The first-order valence-corrected chi connectivity index (χ1v) is 10.5. The van der Waals surface area contributed by atoms with E-state index < -0.39 is 0 Å². The highest BCUT2D eigenvalue weighted by molar-refractivity contribution is 5.87. The minimum Gasteiger partial charge on any atom is -0.368 e. The fraction of sp³-hybridized carbons (Fsp3) is 0.609. The lowest BCUT2D eigenvalue weighted by molar-refractivity contribution is 0.0510. The molecule has 2 fully saturated rings. The van der Waals surface area contributed by atoms with E-state index in [0.717, 1.165) is 17.9 Å². The second-order valence-electron chi connectivity index (χ2n) is 8.80. The molecule has 1 aromatic heterocycles. The molecule has 0 radical (unpaired) electrons. The number of benzene rings is 1. The number of rotatable bonds is 4. The van der Waals surface area contributed by atoms with E-state index in [9.17, 15) is 0 Å². The number of piperazine rings is 1. The number of pyridine rings is 1. The van der Waals surface area contributed by atoms with Crippen molar-refractivity contribution in [3.63, 3.8) is 0 Å². The molecule has 0 bridgehead atoms. The largest absolute Gasteiger partial charge is 0.368 e. The summed E-state index contributed by atoms with van der Waals surface area (Å²) in [6.07, 6.45) is 5.34. The van der Waals surface area contributed by atoms with Gasteiger partial charge in [0.05, 0.1) is 5.52 Å². The van der Waals surface area contributed by atoms with Crippen molar-refractivity contribution in [2.24, 2.45) is 0 Å². The number of hydrogen-bond acceptors (Lipinski definition) is 4. The summed E-state index contributed by atoms with van der Waals surface area (Å²) in [5, 5.41) is 5.03. The van der Waals surface area contributed by atoms with E-state index in [4.69, 9.17) is 4.98 Å². The number of likely N-dealkylation sites (N-methyl/N-ethyl adjacent to an activating group) is 1. The van der Waals surface area contributed by atoms with Crippen molar-refractivity contribution < 1.29 is 0 Å². The van der Waals surface area contributed by atoms with Gasteiger partial charge in [-0.3, -0.25) is 4.90 Å². The molecule has 1 aliphatic heterocycles. The zero-order chi connectivity index (χ0) is 19.0. The van der Waals surface area contributed by atoms with Crippen molar-refractivity contribution in [1.82, 2.24) is 14.8 Å². The first-order valence-electron chi connectivity index (χ1n) is 10.5. The SMILES string of the molecule is Cc1ccc2c(C)cc(NCC3(N4CCN(C)CC4)CCCC3)nc2c1C. The summed E-state index contributed by atoms with van der Waals surface area (Å²) >= 11 is 0. The van der Waals surface area contributed by atoms with E-state index in [1.807, 2.05) is 0 Å². The Labute approximate surface area is 163 Å². The van der Waals surface area contributed by atoms with E-state index in [1.54, 1.807) is 0 Å². The number of nitrogens with one attached hydrogen (secondary N) is 1. The van der Waals surface area contributed by atoms with Crippen LogP contribution in [-0.4, -0.2) is 60.1 Å². The molecule has 2 aliphatic rings. The minimum absolute atomic E-state index is 0.313. The van der Waals surface area contributed by atoms with Gasteiger partial charge in [0.15, 0.2) is 0 Å². The second-order valence-corrected chi connectivity index (χ2v) is 8.80. The van der Waals surface area contributed by atoms with Gasteiger partial charge in [0.2, 0.25) is 0 Å². The molecule has 2 aromatic rings. The van der Waals surface area contributed by atoms with Crippen molar-refractivity contribution >= 4 is 16.7 Å². The molecule has 1 aromatic carbocycles. The van der Waals surface area contributed by atoms with E-state index in [1.165, 1.54) is 73.9 Å². The average molecular weight is 367 g/mol. The number of aryl methyl sites for hydroxylation is 3. The third kappa shape index (κ3) is 3.57. The Bertz CT molecular complexity index is 815. The number of fused-ring (bicyclic) bond motifs is 1. The molecule has 146 valence electrons. The molecule has 2 heterocycles. The molecule has 4 nitrogen and oxygen atoms in total. The fourth-order valence-electron chi connectivity index (χ4n) is 4.96. The lowest BCUT2D eigenvalue weighted by Gasteiger charge is -2.45. The molecule has 0 spiro atoms. The molecule has 0 atom stereocenters. The Morgan fingerprint density at radius 2 is 1.70 bits per heavy atom. The van der Waals surface area contributed by atoms with Crippen LogP contribution in [0, 0.1) is 20.8 Å². The van der Waals surface area contributed by atoms with Crippen molar-refractivity contribution in [2.45, 2.75) is 52.0 Å². The monoisotopic (exact) mass is 366 g/mol. The number of nitrogens with zero attached hydrogens (tertiary/aromatic N) is 3. The number of aromatic nitrogens is 1. The molecule has 27 heavy (non-hydrogen) atoms. The predicted octanol–water partition coefficient (Wildman–Crippen LogP) is 4.13. The predicted molar refractivity (Wildman–Crippen MR) is 115 cm³/mol. The van der Waals surface area contributed by atoms with Gasteiger partial charge in [0.1, 0.15) is 5.82 Å². The van der Waals surface area contributed by atoms with Gasteiger partial charge in [-0.2, -0.15) is 0 Å². The van der Waals surface area contributed by atoms with Crippen LogP contribution in [0.1, 0.15) is 42.4 Å². The van der Waals surface area contributed by atoms with Crippen LogP contribution in [0.3, 0.4) is 0 Å². The minimum atomic E-state index is 0.313. The van der Waals surface area contributed by atoms with Crippen LogP contribution in [0.15, 0.2) is 18.2 Å². The quantitative estimate of drug-likeness (QED) is 0.881. The third-order valence-corrected chi connectivity index (χ3v) is 7.02. The van der Waals surface area contributed by atoms with E-state index in [0.29, 0.717) is 5.54 Å². The summed E-state index contributed by atoms with van der Waals surface area (Å²) in [7, 11) is 2.24. The zero-order valence-corrected chi connectivity index (χ0v) is 17.4. The van der Waals surface area contributed by atoms with Crippen molar-refractivity contribution in [3.8, 4) is 0 Å². The van der Waals surface area contributed by atoms with Crippen molar-refractivity contribution in [3.05, 3.63) is 34.9 Å². The van der Waals surface area contributed by atoms with E-state index >= 15 is 0 Å². The summed E-state index contributed by atoms with van der Waals surface area (Å²) in [6, 6.07) is 6.65. The van der Waals surface area contributed by atoms with Gasteiger partial charge in [-0.25, -0.2) is 4.98 Å².